The second-order valence-electron chi connectivity index (χ2n) is 7.58. The SMILES string of the molecule is CCCC[P+](CCCC)(CCCC)CCCC.O=S(=O)([O-])C(F)C(F)(F)C(F)(F)F. The van der Waals surface area contributed by atoms with E-state index in [1.165, 1.54) is 51.4 Å². The normalized spacial score (nSPS) is 14.2. The molecular weight excluding hydrogens is 453 g/mol. The van der Waals surface area contributed by atoms with Gasteiger partial charge in [0.15, 0.2) is 0 Å². The molecule has 11 heteroatoms. The Bertz CT molecular complexity index is 503. The van der Waals surface area contributed by atoms with E-state index in [9.17, 15) is 39.3 Å². The molecule has 0 spiro atoms. The van der Waals surface area contributed by atoms with Crippen LogP contribution in [0.1, 0.15) is 79.1 Å². The van der Waals surface area contributed by atoms with Crippen LogP contribution >= 0.6 is 7.26 Å². The molecule has 0 aromatic rings. The van der Waals surface area contributed by atoms with E-state index < -0.39 is 35.0 Å². The van der Waals surface area contributed by atoms with E-state index in [1.807, 2.05) is 0 Å². The Hall–Kier alpha value is -0.0800. The molecule has 0 N–H and O–H groups in total. The zero-order valence-corrected chi connectivity index (χ0v) is 20.1. The molecule has 3 nitrogen and oxygen atoms in total. The molecule has 0 aromatic carbocycles. The van der Waals surface area contributed by atoms with E-state index in [1.54, 1.807) is 24.6 Å². The van der Waals surface area contributed by atoms with Gasteiger partial charge in [0.2, 0.25) is 0 Å². The van der Waals surface area contributed by atoms with Crippen molar-refractivity contribution in [1.29, 1.82) is 0 Å². The van der Waals surface area contributed by atoms with Crippen molar-refractivity contribution in [3.05, 3.63) is 0 Å². The third-order valence-electron chi connectivity index (χ3n) is 4.86. The number of rotatable bonds is 14. The molecule has 0 aliphatic carbocycles. The first-order chi connectivity index (χ1) is 13.6. The van der Waals surface area contributed by atoms with Crippen molar-refractivity contribution in [2.45, 2.75) is 96.7 Å². The largest absolute Gasteiger partial charge is 0.746 e. The molecule has 0 aliphatic rings. The van der Waals surface area contributed by atoms with E-state index in [2.05, 4.69) is 27.7 Å². The van der Waals surface area contributed by atoms with Crippen molar-refractivity contribution < 1.29 is 39.3 Å². The highest BCUT2D eigenvalue weighted by atomic mass is 32.2. The molecule has 0 aromatic heterocycles. The zero-order valence-electron chi connectivity index (χ0n) is 18.4. The predicted octanol–water partition coefficient (Wildman–Crippen LogP) is 7.23. The van der Waals surface area contributed by atoms with Crippen LogP contribution in [0.3, 0.4) is 0 Å². The molecule has 30 heavy (non-hydrogen) atoms. The Balaban J connectivity index is 0. The van der Waals surface area contributed by atoms with Gasteiger partial charge in [-0.1, -0.05) is 53.4 Å². The fraction of sp³-hybridized carbons (Fsp3) is 1.00. The van der Waals surface area contributed by atoms with Crippen molar-refractivity contribution >= 4 is 17.4 Å². The van der Waals surface area contributed by atoms with Crippen LogP contribution in [0.15, 0.2) is 0 Å². The van der Waals surface area contributed by atoms with Crippen molar-refractivity contribution in [3.8, 4) is 0 Å². The summed E-state index contributed by atoms with van der Waals surface area (Å²) in [6, 6.07) is 0. The second kappa shape index (κ2) is 14.9. The quantitative estimate of drug-likeness (QED) is 0.147. The van der Waals surface area contributed by atoms with E-state index in [-0.39, 0.29) is 0 Å². The van der Waals surface area contributed by atoms with Gasteiger partial charge in [0.05, 0.1) is 24.6 Å². The highest BCUT2D eigenvalue weighted by Gasteiger charge is 2.65. The molecule has 184 valence electrons. The Morgan fingerprint density at radius 2 is 1.00 bits per heavy atom. The molecule has 1 atom stereocenters. The summed E-state index contributed by atoms with van der Waals surface area (Å²) in [6.07, 6.45) is 11.5. The summed E-state index contributed by atoms with van der Waals surface area (Å²) >= 11 is 0. The maximum atomic E-state index is 11.8. The summed E-state index contributed by atoms with van der Waals surface area (Å²) in [4.78, 5) is 0. The van der Waals surface area contributed by atoms with Gasteiger partial charge >= 0.3 is 12.1 Å². The Morgan fingerprint density at radius 1 is 0.733 bits per heavy atom. The number of alkyl halides is 6. The van der Waals surface area contributed by atoms with Crippen LogP contribution in [0.5, 0.6) is 0 Å². The molecule has 0 amide bonds. The highest BCUT2D eigenvalue weighted by Crippen LogP contribution is 2.61. The number of unbranched alkanes of at least 4 members (excludes halogenated alkanes) is 4. The average Bonchev–Trinajstić information content (AvgIpc) is 2.65. The molecular formula is C19H37F6O3PS. The Morgan fingerprint density at radius 3 is 1.13 bits per heavy atom. The second-order valence-corrected chi connectivity index (χ2v) is 13.5. The van der Waals surface area contributed by atoms with Crippen LogP contribution in [0.4, 0.5) is 26.3 Å². The number of hydrogen-bond donors (Lipinski definition) is 0. The standard InChI is InChI=1S/C16H36P.C3H2F6O3S/c1-5-9-13-17(14-10-6-2,15-11-7-3)16-12-8-4;4-1(13(10,11)12)2(5,6)3(7,8)9/h5-16H2,1-4H3;1H,(H,10,11,12)/q+1;/p-1. The molecule has 0 bridgehead atoms. The van der Waals surface area contributed by atoms with E-state index >= 15 is 0 Å². The molecule has 1 unspecified atom stereocenters. The molecule has 0 rings (SSSR count). The van der Waals surface area contributed by atoms with Crippen molar-refractivity contribution in [2.24, 2.45) is 0 Å². The molecule has 0 fully saturated rings. The molecule has 0 heterocycles. The Kier molecular flexibility index (Phi) is 15.9. The van der Waals surface area contributed by atoms with Crippen LogP contribution in [0.25, 0.3) is 0 Å². The minimum atomic E-state index is -6.41. The summed E-state index contributed by atoms with van der Waals surface area (Å²) in [5.41, 5.74) is -4.82. The van der Waals surface area contributed by atoms with Gasteiger partial charge in [-0.05, 0) is 25.7 Å². The summed E-state index contributed by atoms with van der Waals surface area (Å²) in [5.74, 6) is -6.19. The van der Waals surface area contributed by atoms with Crippen molar-refractivity contribution in [1.82, 2.24) is 0 Å². The summed E-state index contributed by atoms with van der Waals surface area (Å²) in [6.45, 7) is 9.42. The fourth-order valence-electron chi connectivity index (χ4n) is 2.95. The van der Waals surface area contributed by atoms with E-state index in [4.69, 9.17) is 0 Å². The van der Waals surface area contributed by atoms with Gasteiger partial charge in [0.1, 0.15) is 10.1 Å². The lowest BCUT2D eigenvalue weighted by atomic mass is 10.4. The third-order valence-corrected chi connectivity index (χ3v) is 10.7. The third kappa shape index (κ3) is 12.1. The lowest BCUT2D eigenvalue weighted by Gasteiger charge is -2.28. The van der Waals surface area contributed by atoms with Crippen molar-refractivity contribution in [2.75, 3.05) is 24.6 Å². The predicted molar refractivity (Wildman–Crippen MR) is 112 cm³/mol. The molecule has 0 radical (unpaired) electrons. The summed E-state index contributed by atoms with van der Waals surface area (Å²) < 4.78 is 97.5. The highest BCUT2D eigenvalue weighted by molar-refractivity contribution is 7.86. The van der Waals surface area contributed by atoms with Gasteiger partial charge < -0.3 is 4.55 Å². The lowest BCUT2D eigenvalue weighted by molar-refractivity contribution is -0.293. The molecule has 0 saturated carbocycles. The van der Waals surface area contributed by atoms with Crippen molar-refractivity contribution in [3.63, 3.8) is 0 Å². The van der Waals surface area contributed by atoms with Crippen LogP contribution in [0.2, 0.25) is 0 Å². The molecule has 0 aliphatic heterocycles. The number of hydrogen-bond acceptors (Lipinski definition) is 3. The smallest absolute Gasteiger partial charge is 0.457 e. The monoisotopic (exact) mass is 490 g/mol. The van der Waals surface area contributed by atoms with Crippen LogP contribution in [0, 0.1) is 0 Å². The summed E-state index contributed by atoms with van der Waals surface area (Å²) in [7, 11) is -6.89. The van der Waals surface area contributed by atoms with Gasteiger partial charge in [-0.15, -0.1) is 0 Å². The number of halogens is 6. The van der Waals surface area contributed by atoms with Crippen LogP contribution in [-0.4, -0.2) is 55.2 Å². The average molecular weight is 491 g/mol. The van der Waals surface area contributed by atoms with Gasteiger partial charge in [0, 0.05) is 7.26 Å². The maximum absolute atomic E-state index is 11.8. The first-order valence-electron chi connectivity index (χ1n) is 10.5. The zero-order chi connectivity index (χ0) is 24.1. The fourth-order valence-corrected chi connectivity index (χ4v) is 8.74. The van der Waals surface area contributed by atoms with Gasteiger partial charge in [-0.3, -0.25) is 0 Å². The van der Waals surface area contributed by atoms with Crippen LogP contribution < -0.4 is 0 Å². The lowest BCUT2D eigenvalue weighted by Crippen LogP contribution is -2.48. The minimum absolute atomic E-state index is 0.562. The maximum Gasteiger partial charge on any atom is 0.457 e. The van der Waals surface area contributed by atoms with E-state index in [0.29, 0.717) is 0 Å². The van der Waals surface area contributed by atoms with Gasteiger partial charge in [-0.25, -0.2) is 12.8 Å². The summed E-state index contributed by atoms with van der Waals surface area (Å²) in [5, 5.41) is 0. The topological polar surface area (TPSA) is 57.2 Å². The van der Waals surface area contributed by atoms with E-state index in [0.717, 1.165) is 0 Å². The molecule has 0 saturated heterocycles. The first kappa shape index (κ1) is 32.1. The van der Waals surface area contributed by atoms with Gasteiger partial charge in [-0.2, -0.15) is 22.0 Å². The first-order valence-corrected chi connectivity index (χ1v) is 14.5. The van der Waals surface area contributed by atoms with Crippen LogP contribution in [-0.2, 0) is 10.1 Å². The Labute approximate surface area is 178 Å². The van der Waals surface area contributed by atoms with Gasteiger partial charge in [0.25, 0.3) is 5.50 Å². The minimum Gasteiger partial charge on any atom is -0.746 e.